The molecule has 0 unspecified atom stereocenters. The van der Waals surface area contributed by atoms with E-state index in [1.165, 1.54) is 0 Å². The number of hydrogen-bond acceptors (Lipinski definition) is 4. The van der Waals surface area contributed by atoms with Gasteiger partial charge in [-0.3, -0.25) is 25.2 Å². The smallest absolute Gasteiger partial charge is 0.286 e. The van der Waals surface area contributed by atoms with Gasteiger partial charge in [-0.1, -0.05) is 17.7 Å². The number of hydrazine groups is 1. The van der Waals surface area contributed by atoms with Crippen LogP contribution in [0.15, 0.2) is 40.0 Å². The van der Waals surface area contributed by atoms with Crippen LogP contribution in [0.2, 0.25) is 5.02 Å². The van der Waals surface area contributed by atoms with Crippen molar-refractivity contribution in [2.24, 2.45) is 12.1 Å². The molecule has 146 valence electrons. The molecule has 0 atom stereocenters. The lowest BCUT2D eigenvalue weighted by molar-refractivity contribution is -0.119. The minimum atomic E-state index is -0.586. The second kappa shape index (κ2) is 8.15. The number of aromatic nitrogens is 1. The molecular weight excluding hydrogens is 450 g/mol. The largest absolute Gasteiger partial charge is 0.345 e. The first-order chi connectivity index (χ1) is 13.3. The molecule has 28 heavy (non-hydrogen) atoms. The number of hydrazone groups is 1. The van der Waals surface area contributed by atoms with Crippen molar-refractivity contribution < 1.29 is 14.4 Å². The maximum absolute atomic E-state index is 12.4. The Balaban J connectivity index is 1.72. The topological polar surface area (TPSA) is 95.8 Å². The van der Waals surface area contributed by atoms with Crippen molar-refractivity contribution in [1.82, 2.24) is 15.4 Å². The molecule has 0 radical (unpaired) electrons. The Morgan fingerprint density at radius 3 is 2.54 bits per heavy atom. The number of aryl methyl sites for hydroxylation is 2. The zero-order chi connectivity index (χ0) is 20.4. The maximum atomic E-state index is 12.4. The molecule has 1 aromatic heterocycles. The highest BCUT2D eigenvalue weighted by Crippen LogP contribution is 2.26. The van der Waals surface area contributed by atoms with E-state index in [0.717, 1.165) is 15.0 Å². The monoisotopic (exact) mass is 465 g/mol. The third kappa shape index (κ3) is 4.26. The van der Waals surface area contributed by atoms with E-state index in [0.29, 0.717) is 16.4 Å². The molecule has 2 heterocycles. The van der Waals surface area contributed by atoms with Gasteiger partial charge in [0.1, 0.15) is 11.4 Å². The lowest BCUT2D eigenvalue weighted by atomic mass is 10.1. The summed E-state index contributed by atoms with van der Waals surface area (Å²) in [6, 6.07) is 6.72. The number of amides is 3. The molecule has 0 saturated heterocycles. The van der Waals surface area contributed by atoms with Crippen molar-refractivity contribution in [3.05, 3.63) is 51.2 Å². The van der Waals surface area contributed by atoms with Gasteiger partial charge >= 0.3 is 0 Å². The van der Waals surface area contributed by atoms with Crippen molar-refractivity contribution in [2.45, 2.75) is 19.8 Å². The Labute approximate surface area is 174 Å². The van der Waals surface area contributed by atoms with Crippen molar-refractivity contribution >= 4 is 56.7 Å². The average molecular weight is 467 g/mol. The summed E-state index contributed by atoms with van der Waals surface area (Å²) >= 11 is 9.40. The van der Waals surface area contributed by atoms with Gasteiger partial charge in [-0.05, 0) is 46.6 Å². The van der Waals surface area contributed by atoms with Gasteiger partial charge in [0.25, 0.3) is 11.8 Å². The summed E-state index contributed by atoms with van der Waals surface area (Å²) in [5.41, 5.74) is 6.52. The number of hydrogen-bond donors (Lipinski definition) is 2. The number of anilines is 1. The molecule has 0 bridgehead atoms. The summed E-state index contributed by atoms with van der Waals surface area (Å²) in [4.78, 5) is 36.8. The maximum Gasteiger partial charge on any atom is 0.286 e. The van der Waals surface area contributed by atoms with Crippen LogP contribution < -0.4 is 15.9 Å². The van der Waals surface area contributed by atoms with E-state index in [4.69, 9.17) is 11.6 Å². The Morgan fingerprint density at radius 1 is 1.18 bits per heavy atom. The molecule has 0 saturated carbocycles. The average Bonchev–Trinajstić information content (AvgIpc) is 3.00. The standard InChI is InChI=1S/C18H17BrClN5O3/c1-10-3-4-12(8-13(10)20)25-16(26)6-5-14(23-25)17(27)21-22-18(28)15-7-11(19)9-24(15)2/h3-4,7-9H,5-6H2,1-2H3,(H,21,27)(H,22,28). The molecule has 0 spiro atoms. The van der Waals surface area contributed by atoms with Crippen LogP contribution in [0.1, 0.15) is 28.9 Å². The molecule has 2 N–H and O–H groups in total. The zero-order valence-electron chi connectivity index (χ0n) is 15.1. The minimum absolute atomic E-state index is 0.121. The molecule has 8 nitrogen and oxygen atoms in total. The Hall–Kier alpha value is -2.65. The molecule has 0 aliphatic carbocycles. The fourth-order valence-electron chi connectivity index (χ4n) is 2.63. The molecule has 1 aliphatic heterocycles. The van der Waals surface area contributed by atoms with Crippen molar-refractivity contribution in [2.75, 3.05) is 5.01 Å². The summed E-state index contributed by atoms with van der Waals surface area (Å²) in [6.07, 6.45) is 2.01. The van der Waals surface area contributed by atoms with E-state index < -0.39 is 11.8 Å². The first-order valence-electron chi connectivity index (χ1n) is 8.35. The summed E-state index contributed by atoms with van der Waals surface area (Å²) in [5.74, 6) is -1.30. The van der Waals surface area contributed by atoms with Crippen LogP contribution in [0.5, 0.6) is 0 Å². The summed E-state index contributed by atoms with van der Waals surface area (Å²) < 4.78 is 2.36. The predicted molar refractivity (Wildman–Crippen MR) is 109 cm³/mol. The fraction of sp³-hybridized carbons (Fsp3) is 0.222. The van der Waals surface area contributed by atoms with E-state index in [1.807, 2.05) is 6.92 Å². The van der Waals surface area contributed by atoms with Gasteiger partial charge in [0, 0.05) is 35.6 Å². The van der Waals surface area contributed by atoms with Gasteiger partial charge < -0.3 is 4.57 Å². The van der Waals surface area contributed by atoms with Crippen LogP contribution >= 0.6 is 27.5 Å². The van der Waals surface area contributed by atoms with Crippen LogP contribution in [0, 0.1) is 6.92 Å². The third-order valence-electron chi connectivity index (χ3n) is 4.19. The van der Waals surface area contributed by atoms with Crippen molar-refractivity contribution in [3.8, 4) is 0 Å². The molecule has 0 fully saturated rings. The lowest BCUT2D eigenvalue weighted by Crippen LogP contribution is -2.47. The number of rotatable bonds is 3. The second-order valence-electron chi connectivity index (χ2n) is 6.25. The number of carbonyl (C=O) groups is 3. The predicted octanol–water partition coefficient (Wildman–Crippen LogP) is 2.69. The molecule has 2 aromatic rings. The van der Waals surface area contributed by atoms with E-state index in [-0.39, 0.29) is 24.5 Å². The number of carbonyl (C=O) groups excluding carboxylic acids is 3. The number of nitrogens with one attached hydrogen (secondary N) is 2. The highest BCUT2D eigenvalue weighted by Gasteiger charge is 2.26. The zero-order valence-corrected chi connectivity index (χ0v) is 17.5. The fourth-order valence-corrected chi connectivity index (χ4v) is 3.33. The first kappa shape index (κ1) is 20.1. The second-order valence-corrected chi connectivity index (χ2v) is 7.57. The van der Waals surface area contributed by atoms with E-state index in [9.17, 15) is 14.4 Å². The molecule has 1 aliphatic rings. The van der Waals surface area contributed by atoms with Gasteiger partial charge in [0.15, 0.2) is 0 Å². The van der Waals surface area contributed by atoms with Gasteiger partial charge in [0.05, 0.1) is 5.69 Å². The van der Waals surface area contributed by atoms with Crippen molar-refractivity contribution in [1.29, 1.82) is 0 Å². The highest BCUT2D eigenvalue weighted by atomic mass is 79.9. The van der Waals surface area contributed by atoms with Gasteiger partial charge in [-0.25, -0.2) is 5.01 Å². The van der Waals surface area contributed by atoms with E-state index >= 15 is 0 Å². The Kier molecular flexibility index (Phi) is 5.85. The van der Waals surface area contributed by atoms with E-state index in [2.05, 4.69) is 31.9 Å². The Bertz CT molecular complexity index is 1000. The molecular formula is C18H17BrClN5O3. The minimum Gasteiger partial charge on any atom is -0.345 e. The van der Waals surface area contributed by atoms with Crippen LogP contribution in [0.25, 0.3) is 0 Å². The molecule has 3 amide bonds. The summed E-state index contributed by atoms with van der Waals surface area (Å²) in [5, 5.41) is 5.79. The SMILES string of the molecule is Cc1ccc(N2N=C(C(=O)NNC(=O)c3cc(Br)cn3C)CCC2=O)cc1Cl. The Morgan fingerprint density at radius 2 is 1.89 bits per heavy atom. The number of benzene rings is 1. The molecule has 1 aromatic carbocycles. The highest BCUT2D eigenvalue weighted by molar-refractivity contribution is 9.10. The van der Waals surface area contributed by atoms with Gasteiger partial charge in [0.2, 0.25) is 5.91 Å². The van der Waals surface area contributed by atoms with Crippen molar-refractivity contribution in [3.63, 3.8) is 0 Å². The molecule has 3 rings (SSSR count). The first-order valence-corrected chi connectivity index (χ1v) is 9.52. The van der Waals surface area contributed by atoms with Gasteiger partial charge in [-0.15, -0.1) is 0 Å². The number of nitrogens with zero attached hydrogens (tertiary/aromatic N) is 3. The van der Waals surface area contributed by atoms with Crippen LogP contribution in [-0.4, -0.2) is 28.0 Å². The van der Waals surface area contributed by atoms with E-state index in [1.54, 1.807) is 42.1 Å². The van der Waals surface area contributed by atoms with Crippen LogP contribution in [0.3, 0.4) is 0 Å². The third-order valence-corrected chi connectivity index (χ3v) is 5.03. The summed E-state index contributed by atoms with van der Waals surface area (Å²) in [6.45, 7) is 1.85. The molecule has 10 heteroatoms. The van der Waals surface area contributed by atoms with Crippen LogP contribution in [0.4, 0.5) is 5.69 Å². The van der Waals surface area contributed by atoms with Gasteiger partial charge in [-0.2, -0.15) is 5.10 Å². The van der Waals surface area contributed by atoms with Crippen LogP contribution in [-0.2, 0) is 16.6 Å². The normalized spacial score (nSPS) is 13.9. The number of halogens is 2. The summed E-state index contributed by atoms with van der Waals surface area (Å²) in [7, 11) is 1.71. The lowest BCUT2D eigenvalue weighted by Gasteiger charge is -2.23. The quantitative estimate of drug-likeness (QED) is 0.681.